The van der Waals surface area contributed by atoms with E-state index in [9.17, 15) is 0 Å². The first-order valence-electron chi connectivity index (χ1n) is 7.74. The molecule has 0 spiro atoms. The van der Waals surface area contributed by atoms with Gasteiger partial charge in [0.1, 0.15) is 0 Å². The van der Waals surface area contributed by atoms with Crippen molar-refractivity contribution in [3.05, 3.63) is 71.3 Å². The normalized spacial score (nSPS) is 12.6. The highest BCUT2D eigenvalue weighted by molar-refractivity contribution is 5.36. The second kappa shape index (κ2) is 7.96. The highest BCUT2D eigenvalue weighted by Gasteiger charge is 2.14. The van der Waals surface area contributed by atoms with Crippen molar-refractivity contribution in [2.24, 2.45) is 0 Å². The Hall–Kier alpha value is -1.64. The molecule has 0 fully saturated rings. The van der Waals surface area contributed by atoms with E-state index in [1.54, 1.807) is 0 Å². The van der Waals surface area contributed by atoms with Crippen LogP contribution in [0.25, 0.3) is 0 Å². The van der Waals surface area contributed by atoms with Crippen LogP contribution in [0.3, 0.4) is 0 Å². The molecule has 2 nitrogen and oxygen atoms in total. The predicted molar refractivity (Wildman–Crippen MR) is 90.6 cm³/mol. The number of nitrogens with zero attached hydrogens (tertiary/aromatic N) is 1. The maximum atomic E-state index is 3.72. The van der Waals surface area contributed by atoms with Gasteiger partial charge in [-0.2, -0.15) is 0 Å². The fourth-order valence-electron chi connectivity index (χ4n) is 2.52. The summed E-state index contributed by atoms with van der Waals surface area (Å²) in [7, 11) is 2.16. The molecule has 0 saturated heterocycles. The molecule has 0 bridgehead atoms. The van der Waals surface area contributed by atoms with E-state index in [1.165, 1.54) is 16.7 Å². The summed E-state index contributed by atoms with van der Waals surface area (Å²) in [5, 5.41) is 3.72. The van der Waals surface area contributed by atoms with E-state index in [0.29, 0.717) is 0 Å². The molecule has 112 valence electrons. The van der Waals surface area contributed by atoms with Crippen LogP contribution in [-0.2, 0) is 0 Å². The lowest BCUT2D eigenvalue weighted by Crippen LogP contribution is -2.32. The van der Waals surface area contributed by atoms with E-state index in [-0.39, 0.29) is 6.04 Å². The van der Waals surface area contributed by atoms with Crippen LogP contribution < -0.4 is 5.32 Å². The molecule has 2 rings (SSSR count). The van der Waals surface area contributed by atoms with E-state index in [1.807, 2.05) is 0 Å². The molecular formula is C19H26N2. The Morgan fingerprint density at radius 1 is 1.00 bits per heavy atom. The second-order valence-corrected chi connectivity index (χ2v) is 5.55. The smallest absolute Gasteiger partial charge is 0.0579 e. The SMILES string of the molecule is CCN(C)CCNC(c1ccccc1)c1ccccc1C. The van der Waals surface area contributed by atoms with Gasteiger partial charge in [0.15, 0.2) is 0 Å². The van der Waals surface area contributed by atoms with Gasteiger partial charge in [-0.1, -0.05) is 61.5 Å². The monoisotopic (exact) mass is 282 g/mol. The predicted octanol–water partition coefficient (Wildman–Crippen LogP) is 3.63. The number of benzene rings is 2. The van der Waals surface area contributed by atoms with E-state index < -0.39 is 0 Å². The summed E-state index contributed by atoms with van der Waals surface area (Å²) < 4.78 is 0. The zero-order chi connectivity index (χ0) is 15.1. The molecule has 0 aliphatic carbocycles. The number of likely N-dealkylation sites (N-methyl/N-ethyl adjacent to an activating group) is 1. The molecule has 0 saturated carbocycles. The molecule has 1 unspecified atom stereocenters. The Morgan fingerprint density at radius 3 is 2.33 bits per heavy atom. The number of rotatable bonds is 7. The average Bonchev–Trinajstić information content (AvgIpc) is 2.53. The van der Waals surface area contributed by atoms with Gasteiger partial charge in [-0.25, -0.2) is 0 Å². The molecule has 2 heteroatoms. The topological polar surface area (TPSA) is 15.3 Å². The first kappa shape index (κ1) is 15.7. The van der Waals surface area contributed by atoms with E-state index in [2.05, 4.69) is 85.7 Å². The van der Waals surface area contributed by atoms with Crippen molar-refractivity contribution in [2.45, 2.75) is 19.9 Å². The minimum Gasteiger partial charge on any atom is -0.305 e. The molecule has 0 aliphatic heterocycles. The van der Waals surface area contributed by atoms with Crippen LogP contribution in [0, 0.1) is 6.92 Å². The first-order chi connectivity index (χ1) is 10.2. The molecule has 0 heterocycles. The minimum atomic E-state index is 0.262. The largest absolute Gasteiger partial charge is 0.305 e. The maximum Gasteiger partial charge on any atom is 0.0579 e. The van der Waals surface area contributed by atoms with Crippen molar-refractivity contribution in [2.75, 3.05) is 26.7 Å². The van der Waals surface area contributed by atoms with Gasteiger partial charge in [-0.15, -0.1) is 0 Å². The van der Waals surface area contributed by atoms with Crippen LogP contribution in [0.2, 0.25) is 0 Å². The van der Waals surface area contributed by atoms with Crippen LogP contribution in [0.1, 0.15) is 29.7 Å². The van der Waals surface area contributed by atoms with Crippen molar-refractivity contribution in [3.63, 3.8) is 0 Å². The fourth-order valence-corrected chi connectivity index (χ4v) is 2.52. The average molecular weight is 282 g/mol. The van der Waals surface area contributed by atoms with Gasteiger partial charge in [0.2, 0.25) is 0 Å². The van der Waals surface area contributed by atoms with Crippen molar-refractivity contribution in [3.8, 4) is 0 Å². The summed E-state index contributed by atoms with van der Waals surface area (Å²) in [6, 6.07) is 19.6. The van der Waals surface area contributed by atoms with Crippen molar-refractivity contribution < 1.29 is 0 Å². The Kier molecular flexibility index (Phi) is 5.97. The van der Waals surface area contributed by atoms with E-state index in [0.717, 1.165) is 19.6 Å². The molecular weight excluding hydrogens is 256 g/mol. The molecule has 1 N–H and O–H groups in total. The Labute approximate surface area is 128 Å². The molecule has 0 aliphatic rings. The number of hydrogen-bond acceptors (Lipinski definition) is 2. The Balaban J connectivity index is 2.18. The highest BCUT2D eigenvalue weighted by atomic mass is 15.1. The third-order valence-electron chi connectivity index (χ3n) is 4.01. The van der Waals surface area contributed by atoms with Crippen molar-refractivity contribution in [1.29, 1.82) is 0 Å². The molecule has 0 aromatic heterocycles. The van der Waals surface area contributed by atoms with Gasteiger partial charge in [-0.05, 0) is 37.2 Å². The third kappa shape index (κ3) is 4.42. The quantitative estimate of drug-likeness (QED) is 0.834. The van der Waals surface area contributed by atoms with Crippen LogP contribution >= 0.6 is 0 Å². The van der Waals surface area contributed by atoms with Crippen LogP contribution in [0.5, 0.6) is 0 Å². The lowest BCUT2D eigenvalue weighted by Gasteiger charge is -2.23. The number of aryl methyl sites for hydroxylation is 1. The maximum absolute atomic E-state index is 3.72. The van der Waals surface area contributed by atoms with Crippen LogP contribution in [0.4, 0.5) is 0 Å². The van der Waals surface area contributed by atoms with E-state index >= 15 is 0 Å². The molecule has 2 aromatic rings. The third-order valence-corrected chi connectivity index (χ3v) is 4.01. The Bertz CT molecular complexity index is 536. The number of nitrogens with one attached hydrogen (secondary N) is 1. The Morgan fingerprint density at radius 2 is 1.67 bits per heavy atom. The fraction of sp³-hybridized carbons (Fsp3) is 0.368. The van der Waals surface area contributed by atoms with Gasteiger partial charge >= 0.3 is 0 Å². The standard InChI is InChI=1S/C19H26N2/c1-4-21(3)15-14-20-19(17-11-6-5-7-12-17)18-13-9-8-10-16(18)2/h5-13,19-20H,4,14-15H2,1-3H3. The summed E-state index contributed by atoms with van der Waals surface area (Å²) in [4.78, 5) is 2.33. The van der Waals surface area contributed by atoms with Crippen LogP contribution in [0.15, 0.2) is 54.6 Å². The molecule has 21 heavy (non-hydrogen) atoms. The molecule has 0 amide bonds. The van der Waals surface area contributed by atoms with E-state index in [4.69, 9.17) is 0 Å². The zero-order valence-corrected chi connectivity index (χ0v) is 13.3. The summed E-state index contributed by atoms with van der Waals surface area (Å²) in [6.07, 6.45) is 0. The minimum absolute atomic E-state index is 0.262. The van der Waals surface area contributed by atoms with Gasteiger partial charge in [-0.3, -0.25) is 0 Å². The summed E-state index contributed by atoms with van der Waals surface area (Å²) in [6.45, 7) is 7.51. The molecule has 0 radical (unpaired) electrons. The zero-order valence-electron chi connectivity index (χ0n) is 13.3. The summed E-state index contributed by atoms with van der Waals surface area (Å²) in [5.41, 5.74) is 4.02. The second-order valence-electron chi connectivity index (χ2n) is 5.55. The van der Waals surface area contributed by atoms with Crippen molar-refractivity contribution in [1.82, 2.24) is 10.2 Å². The summed E-state index contributed by atoms with van der Waals surface area (Å²) in [5.74, 6) is 0. The number of hydrogen-bond donors (Lipinski definition) is 1. The lowest BCUT2D eigenvalue weighted by molar-refractivity contribution is 0.344. The molecule has 1 atom stereocenters. The molecule has 2 aromatic carbocycles. The van der Waals surface area contributed by atoms with Crippen molar-refractivity contribution >= 4 is 0 Å². The van der Waals surface area contributed by atoms with Gasteiger partial charge in [0.25, 0.3) is 0 Å². The lowest BCUT2D eigenvalue weighted by atomic mass is 9.95. The summed E-state index contributed by atoms with van der Waals surface area (Å²) >= 11 is 0. The van der Waals surface area contributed by atoms with Gasteiger partial charge in [0, 0.05) is 13.1 Å². The highest BCUT2D eigenvalue weighted by Crippen LogP contribution is 2.24. The van der Waals surface area contributed by atoms with Gasteiger partial charge in [0.05, 0.1) is 6.04 Å². The van der Waals surface area contributed by atoms with Crippen LogP contribution in [-0.4, -0.2) is 31.6 Å². The first-order valence-corrected chi connectivity index (χ1v) is 7.74. The van der Waals surface area contributed by atoms with Gasteiger partial charge < -0.3 is 10.2 Å².